The molecule has 1 N–H and O–H groups in total. The van der Waals surface area contributed by atoms with E-state index in [1.54, 1.807) is 17.1 Å². The van der Waals surface area contributed by atoms with Crippen LogP contribution in [0.4, 0.5) is 17.2 Å². The van der Waals surface area contributed by atoms with E-state index in [1.165, 1.54) is 6.07 Å². The lowest BCUT2D eigenvalue weighted by Crippen LogP contribution is -2.00. The van der Waals surface area contributed by atoms with Crippen LogP contribution in [0.5, 0.6) is 0 Å². The summed E-state index contributed by atoms with van der Waals surface area (Å²) in [6.45, 7) is 3.98. The first-order valence-corrected chi connectivity index (χ1v) is 5.87. The molecule has 0 aliphatic carbocycles. The highest BCUT2D eigenvalue weighted by atomic mass is 16.6. The average molecular weight is 272 g/mol. The minimum Gasteiger partial charge on any atom is -0.337 e. The monoisotopic (exact) mass is 272 g/mol. The maximum absolute atomic E-state index is 10.6. The number of nitrogens with zero attached hydrogens (tertiary/aromatic N) is 5. The molecule has 8 heteroatoms. The lowest BCUT2D eigenvalue weighted by Gasteiger charge is -2.05. The smallest absolute Gasteiger partial charge is 0.289 e. The zero-order chi connectivity index (χ0) is 14.7. The first-order chi connectivity index (χ1) is 9.51. The van der Waals surface area contributed by atoms with Crippen LogP contribution >= 0.6 is 0 Å². The highest BCUT2D eigenvalue weighted by Crippen LogP contribution is 2.22. The average Bonchev–Trinajstić information content (AvgIpc) is 2.87. The predicted molar refractivity (Wildman–Crippen MR) is 71.5 cm³/mol. The second-order valence-corrected chi connectivity index (χ2v) is 4.39. The van der Waals surface area contributed by atoms with Crippen molar-refractivity contribution >= 4 is 17.2 Å². The van der Waals surface area contributed by atoms with Crippen LogP contribution in [0.1, 0.15) is 25.5 Å². The van der Waals surface area contributed by atoms with Crippen molar-refractivity contribution in [2.75, 3.05) is 5.32 Å². The summed E-state index contributed by atoms with van der Waals surface area (Å²) in [6.07, 6.45) is 4.48. The molecule has 0 atom stereocenters. The van der Waals surface area contributed by atoms with Gasteiger partial charge in [0.05, 0.1) is 16.8 Å². The van der Waals surface area contributed by atoms with E-state index in [1.807, 2.05) is 19.9 Å². The van der Waals surface area contributed by atoms with Crippen LogP contribution in [0.25, 0.3) is 0 Å². The number of hydrogen-bond donors (Lipinski definition) is 1. The van der Waals surface area contributed by atoms with Crippen molar-refractivity contribution in [2.45, 2.75) is 19.9 Å². The molecule has 0 aliphatic heterocycles. The first-order valence-electron chi connectivity index (χ1n) is 5.87. The molecule has 0 bridgehead atoms. The lowest BCUT2D eigenvalue weighted by molar-refractivity contribution is -0.385. The molecule has 2 aromatic rings. The highest BCUT2D eigenvalue weighted by Gasteiger charge is 2.13. The molecule has 0 spiro atoms. The molecular formula is C12H12N6O2. The van der Waals surface area contributed by atoms with Crippen LogP contribution < -0.4 is 5.32 Å². The van der Waals surface area contributed by atoms with Gasteiger partial charge in [-0.3, -0.25) is 14.8 Å². The van der Waals surface area contributed by atoms with Crippen LogP contribution in [0.3, 0.4) is 0 Å². The van der Waals surface area contributed by atoms with Crippen molar-refractivity contribution < 1.29 is 4.92 Å². The minimum absolute atomic E-state index is 0.108. The Morgan fingerprint density at radius 3 is 2.80 bits per heavy atom. The van der Waals surface area contributed by atoms with E-state index in [2.05, 4.69) is 15.4 Å². The molecule has 20 heavy (non-hydrogen) atoms. The van der Waals surface area contributed by atoms with E-state index >= 15 is 0 Å². The number of hydrogen-bond acceptors (Lipinski definition) is 6. The van der Waals surface area contributed by atoms with Gasteiger partial charge in [-0.15, -0.1) is 0 Å². The van der Waals surface area contributed by atoms with Gasteiger partial charge < -0.3 is 5.32 Å². The van der Waals surface area contributed by atoms with Crippen molar-refractivity contribution in [3.8, 4) is 6.07 Å². The second kappa shape index (κ2) is 5.36. The number of nitro groups is 1. The fourth-order valence-electron chi connectivity index (χ4n) is 1.56. The normalized spacial score (nSPS) is 10.3. The van der Waals surface area contributed by atoms with E-state index in [0.717, 1.165) is 6.20 Å². The van der Waals surface area contributed by atoms with E-state index in [9.17, 15) is 10.1 Å². The van der Waals surface area contributed by atoms with Gasteiger partial charge in [-0.05, 0) is 13.8 Å². The van der Waals surface area contributed by atoms with Crippen molar-refractivity contribution in [2.24, 2.45) is 0 Å². The third-order valence-electron chi connectivity index (χ3n) is 2.60. The largest absolute Gasteiger partial charge is 0.337 e. The number of nitrogens with one attached hydrogen (secondary N) is 1. The summed E-state index contributed by atoms with van der Waals surface area (Å²) >= 11 is 0. The topological polar surface area (TPSA) is 110 Å². The Hall–Kier alpha value is -2.95. The summed E-state index contributed by atoms with van der Waals surface area (Å²) in [4.78, 5) is 14.0. The van der Waals surface area contributed by atoms with Gasteiger partial charge in [-0.25, -0.2) is 4.98 Å². The summed E-state index contributed by atoms with van der Waals surface area (Å²) in [6, 6.07) is 3.28. The van der Waals surface area contributed by atoms with Crippen molar-refractivity contribution in [1.29, 1.82) is 5.26 Å². The Bertz CT molecular complexity index is 685. The Kier molecular flexibility index (Phi) is 3.61. The van der Waals surface area contributed by atoms with Crippen molar-refractivity contribution in [3.63, 3.8) is 0 Å². The molecule has 8 nitrogen and oxygen atoms in total. The molecule has 0 fully saturated rings. The molecule has 102 valence electrons. The molecule has 2 rings (SSSR count). The standard InChI is InChI=1S/C12H12N6O2/c1-8(2)17-7-10(5-15-17)16-12-9(4-13)3-11(6-14-12)18(19)20/h3,5-8H,1-2H3,(H,14,16). The van der Waals surface area contributed by atoms with E-state index in [4.69, 9.17) is 5.26 Å². The minimum atomic E-state index is -0.589. The van der Waals surface area contributed by atoms with E-state index < -0.39 is 4.92 Å². The molecule has 2 aromatic heterocycles. The summed E-state index contributed by atoms with van der Waals surface area (Å²) in [5.74, 6) is 0.265. The first kappa shape index (κ1) is 13.5. The predicted octanol–water partition coefficient (Wildman–Crippen LogP) is 2.38. The zero-order valence-corrected chi connectivity index (χ0v) is 10.9. The Morgan fingerprint density at radius 2 is 2.25 bits per heavy atom. The maximum Gasteiger partial charge on any atom is 0.289 e. The molecule has 0 amide bonds. The van der Waals surface area contributed by atoms with Crippen LogP contribution in [-0.4, -0.2) is 19.7 Å². The van der Waals surface area contributed by atoms with Gasteiger partial charge in [-0.1, -0.05) is 0 Å². The second-order valence-electron chi connectivity index (χ2n) is 4.39. The van der Waals surface area contributed by atoms with Crippen molar-refractivity contribution in [3.05, 3.63) is 40.3 Å². The van der Waals surface area contributed by atoms with Gasteiger partial charge in [-0.2, -0.15) is 10.4 Å². The molecule has 0 unspecified atom stereocenters. The number of nitriles is 1. The maximum atomic E-state index is 10.6. The Balaban J connectivity index is 2.29. The van der Waals surface area contributed by atoms with Gasteiger partial charge in [0.15, 0.2) is 0 Å². The summed E-state index contributed by atoms with van der Waals surface area (Å²) < 4.78 is 1.75. The Labute approximate surface area is 114 Å². The quantitative estimate of drug-likeness (QED) is 0.675. The highest BCUT2D eigenvalue weighted by molar-refractivity contribution is 5.63. The molecule has 0 saturated carbocycles. The molecule has 0 saturated heterocycles. The Morgan fingerprint density at radius 1 is 1.50 bits per heavy atom. The lowest BCUT2D eigenvalue weighted by atomic mass is 10.2. The number of aromatic nitrogens is 3. The number of pyridine rings is 1. The van der Waals surface area contributed by atoms with E-state index in [0.29, 0.717) is 5.69 Å². The van der Waals surface area contributed by atoms with Gasteiger partial charge in [0.2, 0.25) is 0 Å². The van der Waals surface area contributed by atoms with Crippen LogP contribution in [0.2, 0.25) is 0 Å². The van der Waals surface area contributed by atoms with Gasteiger partial charge in [0.25, 0.3) is 5.69 Å². The SMILES string of the molecule is CC(C)n1cc(Nc2ncc([N+](=O)[O-])cc2C#N)cn1. The molecule has 2 heterocycles. The third kappa shape index (κ3) is 2.72. The van der Waals surface area contributed by atoms with Gasteiger partial charge in [0.1, 0.15) is 23.6 Å². The molecule has 0 aliphatic rings. The van der Waals surface area contributed by atoms with Gasteiger partial charge >= 0.3 is 0 Å². The van der Waals surface area contributed by atoms with Crippen LogP contribution in [-0.2, 0) is 0 Å². The van der Waals surface area contributed by atoms with Crippen LogP contribution in [0.15, 0.2) is 24.7 Å². The van der Waals surface area contributed by atoms with Crippen molar-refractivity contribution in [1.82, 2.24) is 14.8 Å². The number of rotatable bonds is 4. The van der Waals surface area contributed by atoms with E-state index in [-0.39, 0.29) is 23.1 Å². The molecular weight excluding hydrogens is 260 g/mol. The third-order valence-corrected chi connectivity index (χ3v) is 2.60. The molecule has 0 aromatic carbocycles. The summed E-state index contributed by atoms with van der Waals surface area (Å²) in [7, 11) is 0. The fraction of sp³-hybridized carbons (Fsp3) is 0.250. The van der Waals surface area contributed by atoms with Gasteiger partial charge in [0, 0.05) is 18.3 Å². The zero-order valence-electron chi connectivity index (χ0n) is 10.9. The number of anilines is 2. The summed E-state index contributed by atoms with van der Waals surface area (Å²) in [5.41, 5.74) is 0.554. The molecule has 0 radical (unpaired) electrons. The van der Waals surface area contributed by atoms with Crippen LogP contribution in [0, 0.1) is 21.4 Å². The summed E-state index contributed by atoms with van der Waals surface area (Å²) in [5, 5.41) is 26.7. The fourth-order valence-corrected chi connectivity index (χ4v) is 1.56.